The lowest BCUT2D eigenvalue weighted by Crippen LogP contribution is -2.56. The minimum Gasteiger partial charge on any atom is -0.464 e. The van der Waals surface area contributed by atoms with Crippen molar-refractivity contribution in [1.29, 1.82) is 0 Å². The highest BCUT2D eigenvalue weighted by atomic mass is 79.9. The van der Waals surface area contributed by atoms with Crippen molar-refractivity contribution in [1.82, 2.24) is 0 Å². The molecule has 3 atom stereocenters. The summed E-state index contributed by atoms with van der Waals surface area (Å²) in [5, 5.41) is 3.51. The first kappa shape index (κ1) is 16.3. The van der Waals surface area contributed by atoms with Gasteiger partial charge in [-0.1, -0.05) is 38.8 Å². The van der Waals surface area contributed by atoms with E-state index in [1.54, 1.807) is 0 Å². The Kier molecular flexibility index (Phi) is 5.31. The van der Waals surface area contributed by atoms with Gasteiger partial charge in [-0.05, 0) is 53.2 Å². The Morgan fingerprint density at radius 3 is 2.81 bits per heavy atom. The Morgan fingerprint density at radius 1 is 1.43 bits per heavy atom. The highest BCUT2D eigenvalue weighted by Gasteiger charge is 2.49. The first-order valence-corrected chi connectivity index (χ1v) is 8.50. The number of benzene rings is 1. The first-order valence-electron chi connectivity index (χ1n) is 7.71. The quantitative estimate of drug-likeness (QED) is 0.802. The Morgan fingerprint density at radius 2 is 2.14 bits per heavy atom. The largest absolute Gasteiger partial charge is 0.464 e. The Labute approximate surface area is 135 Å². The van der Waals surface area contributed by atoms with Crippen LogP contribution in [0.15, 0.2) is 28.7 Å². The summed E-state index contributed by atoms with van der Waals surface area (Å²) in [5.74, 6) is 0.607. The molecule has 3 unspecified atom stereocenters. The van der Waals surface area contributed by atoms with Crippen molar-refractivity contribution in [2.75, 3.05) is 11.9 Å². The standard InChI is InChI=1S/C17H24BrNO2/c1-4-21-16(20)17(11-7-8-12(2)13(17)3)19-15-10-6-5-9-14(15)18/h5-6,9-10,12-13,19H,4,7-8,11H2,1-3H3. The summed E-state index contributed by atoms with van der Waals surface area (Å²) in [5.41, 5.74) is 0.323. The SMILES string of the molecule is CCOC(=O)C1(Nc2ccccc2Br)CCCC(C)C1C. The molecule has 1 fully saturated rings. The maximum atomic E-state index is 12.7. The van der Waals surface area contributed by atoms with Crippen LogP contribution in [0.3, 0.4) is 0 Å². The number of nitrogens with one attached hydrogen (secondary N) is 1. The van der Waals surface area contributed by atoms with E-state index in [0.29, 0.717) is 12.5 Å². The molecule has 3 nitrogen and oxygen atoms in total. The number of hydrogen-bond donors (Lipinski definition) is 1. The average molecular weight is 354 g/mol. The van der Waals surface area contributed by atoms with E-state index in [9.17, 15) is 4.79 Å². The summed E-state index contributed by atoms with van der Waals surface area (Å²) in [4.78, 5) is 12.7. The highest BCUT2D eigenvalue weighted by molar-refractivity contribution is 9.10. The molecule has 1 N–H and O–H groups in total. The molecule has 0 aromatic heterocycles. The number of carbonyl (C=O) groups is 1. The van der Waals surface area contributed by atoms with E-state index in [1.165, 1.54) is 6.42 Å². The highest BCUT2D eigenvalue weighted by Crippen LogP contribution is 2.41. The second-order valence-electron chi connectivity index (χ2n) is 5.95. The van der Waals surface area contributed by atoms with E-state index in [2.05, 4.69) is 35.1 Å². The fraction of sp³-hybridized carbons (Fsp3) is 0.588. The van der Waals surface area contributed by atoms with Crippen LogP contribution in [0.4, 0.5) is 5.69 Å². The van der Waals surface area contributed by atoms with Crippen molar-refractivity contribution in [3.63, 3.8) is 0 Å². The molecule has 0 saturated heterocycles. The summed E-state index contributed by atoms with van der Waals surface area (Å²) >= 11 is 3.56. The van der Waals surface area contributed by atoms with Crippen molar-refractivity contribution in [3.8, 4) is 0 Å². The second-order valence-corrected chi connectivity index (χ2v) is 6.81. The molecule has 4 heteroatoms. The fourth-order valence-corrected chi connectivity index (χ4v) is 3.63. The van der Waals surface area contributed by atoms with Gasteiger partial charge in [-0.25, -0.2) is 4.79 Å². The number of para-hydroxylation sites is 1. The molecule has 0 heterocycles. The van der Waals surface area contributed by atoms with Gasteiger partial charge in [0.1, 0.15) is 5.54 Å². The van der Waals surface area contributed by atoms with Crippen LogP contribution in [-0.4, -0.2) is 18.1 Å². The third-order valence-electron chi connectivity index (χ3n) is 4.73. The molecule has 1 saturated carbocycles. The zero-order valence-electron chi connectivity index (χ0n) is 13.0. The van der Waals surface area contributed by atoms with E-state index in [1.807, 2.05) is 31.2 Å². The van der Waals surface area contributed by atoms with Gasteiger partial charge >= 0.3 is 5.97 Å². The predicted octanol–water partition coefficient (Wildman–Crippen LogP) is 4.62. The molecule has 2 rings (SSSR count). The summed E-state index contributed by atoms with van der Waals surface area (Å²) in [6, 6.07) is 7.93. The third kappa shape index (κ3) is 3.25. The van der Waals surface area contributed by atoms with E-state index >= 15 is 0 Å². The average Bonchev–Trinajstić information content (AvgIpc) is 2.46. The number of rotatable bonds is 4. The van der Waals surface area contributed by atoms with E-state index in [-0.39, 0.29) is 11.9 Å². The summed E-state index contributed by atoms with van der Waals surface area (Å²) in [6.07, 6.45) is 3.03. The number of anilines is 1. The molecule has 1 aromatic carbocycles. The van der Waals surface area contributed by atoms with E-state index in [0.717, 1.165) is 23.0 Å². The molecular formula is C17H24BrNO2. The molecule has 0 radical (unpaired) electrons. The zero-order chi connectivity index (χ0) is 15.5. The maximum absolute atomic E-state index is 12.7. The van der Waals surface area contributed by atoms with Crippen LogP contribution in [0.25, 0.3) is 0 Å². The van der Waals surface area contributed by atoms with E-state index in [4.69, 9.17) is 4.74 Å². The Balaban J connectivity index is 2.36. The van der Waals surface area contributed by atoms with Crippen molar-refractivity contribution in [2.24, 2.45) is 11.8 Å². The van der Waals surface area contributed by atoms with Crippen molar-refractivity contribution in [3.05, 3.63) is 28.7 Å². The molecule has 0 amide bonds. The monoisotopic (exact) mass is 353 g/mol. The number of hydrogen-bond acceptors (Lipinski definition) is 3. The van der Waals surface area contributed by atoms with Gasteiger partial charge in [-0.2, -0.15) is 0 Å². The Hall–Kier alpha value is -1.03. The lowest BCUT2D eigenvalue weighted by atomic mass is 9.68. The van der Waals surface area contributed by atoms with Crippen molar-refractivity contribution >= 4 is 27.6 Å². The topological polar surface area (TPSA) is 38.3 Å². The molecular weight excluding hydrogens is 330 g/mol. The van der Waals surface area contributed by atoms with Crippen LogP contribution in [-0.2, 0) is 9.53 Å². The lowest BCUT2D eigenvalue weighted by Gasteiger charge is -2.44. The van der Waals surface area contributed by atoms with Crippen molar-refractivity contribution < 1.29 is 9.53 Å². The summed E-state index contributed by atoms with van der Waals surface area (Å²) < 4.78 is 6.37. The van der Waals surface area contributed by atoms with Gasteiger partial charge in [-0.15, -0.1) is 0 Å². The van der Waals surface area contributed by atoms with Crippen molar-refractivity contribution in [2.45, 2.75) is 45.6 Å². The predicted molar refractivity (Wildman–Crippen MR) is 89.3 cm³/mol. The third-order valence-corrected chi connectivity index (χ3v) is 5.42. The van der Waals surface area contributed by atoms with Gasteiger partial charge in [0, 0.05) is 10.2 Å². The second kappa shape index (κ2) is 6.82. The smallest absolute Gasteiger partial charge is 0.332 e. The van der Waals surface area contributed by atoms with Gasteiger partial charge in [-0.3, -0.25) is 0 Å². The van der Waals surface area contributed by atoms with Gasteiger partial charge in [0.2, 0.25) is 0 Å². The molecule has 0 aliphatic heterocycles. The number of halogens is 1. The van der Waals surface area contributed by atoms with Crippen LogP contribution in [0.5, 0.6) is 0 Å². The molecule has 0 spiro atoms. The summed E-state index contributed by atoms with van der Waals surface area (Å²) in [6.45, 7) is 6.66. The minimum absolute atomic E-state index is 0.125. The van der Waals surface area contributed by atoms with Crippen LogP contribution in [0.2, 0.25) is 0 Å². The number of carbonyl (C=O) groups excluding carboxylic acids is 1. The van der Waals surface area contributed by atoms with Crippen LogP contribution >= 0.6 is 15.9 Å². The molecule has 1 aliphatic rings. The molecule has 1 aliphatic carbocycles. The Bertz CT molecular complexity index is 505. The summed E-state index contributed by atoms with van der Waals surface area (Å²) in [7, 11) is 0. The van der Waals surface area contributed by atoms with Crippen LogP contribution in [0, 0.1) is 11.8 Å². The molecule has 1 aromatic rings. The normalized spacial score (nSPS) is 29.0. The minimum atomic E-state index is -0.627. The maximum Gasteiger partial charge on any atom is 0.332 e. The van der Waals surface area contributed by atoms with Gasteiger partial charge in [0.15, 0.2) is 0 Å². The molecule has 116 valence electrons. The molecule has 21 heavy (non-hydrogen) atoms. The van der Waals surface area contributed by atoms with Gasteiger partial charge < -0.3 is 10.1 Å². The number of esters is 1. The molecule has 0 bridgehead atoms. The zero-order valence-corrected chi connectivity index (χ0v) is 14.6. The van der Waals surface area contributed by atoms with E-state index < -0.39 is 5.54 Å². The van der Waals surface area contributed by atoms with Crippen LogP contribution < -0.4 is 5.32 Å². The lowest BCUT2D eigenvalue weighted by molar-refractivity contribution is -0.152. The fourth-order valence-electron chi connectivity index (χ4n) is 3.24. The van der Waals surface area contributed by atoms with Gasteiger partial charge in [0.05, 0.1) is 6.61 Å². The first-order chi connectivity index (χ1) is 10.0. The van der Waals surface area contributed by atoms with Gasteiger partial charge in [0.25, 0.3) is 0 Å². The number of ether oxygens (including phenoxy) is 1. The van der Waals surface area contributed by atoms with Crippen LogP contribution in [0.1, 0.15) is 40.0 Å².